The van der Waals surface area contributed by atoms with Gasteiger partial charge in [-0.15, -0.1) is 5.10 Å². The summed E-state index contributed by atoms with van der Waals surface area (Å²) >= 11 is 0. The number of tetrazole rings is 1. The molecule has 0 amide bonds. The molecule has 194 valence electrons. The maximum Gasteiger partial charge on any atom is 0.253 e. The second-order valence-corrected chi connectivity index (χ2v) is 9.51. The molecule has 0 spiro atoms. The number of rotatable bonds is 7. The molecule has 2 aromatic carbocycles. The molecule has 1 fully saturated rings. The van der Waals surface area contributed by atoms with Crippen LogP contribution in [-0.4, -0.2) is 56.3 Å². The lowest BCUT2D eigenvalue weighted by molar-refractivity contribution is 0.200. The van der Waals surface area contributed by atoms with Gasteiger partial charge < -0.3 is 14.3 Å². The summed E-state index contributed by atoms with van der Waals surface area (Å²) in [5, 5.41) is 13.6. The van der Waals surface area contributed by atoms with E-state index >= 15 is 0 Å². The molecule has 0 unspecified atom stereocenters. The van der Waals surface area contributed by atoms with Crippen molar-refractivity contribution in [3.05, 3.63) is 106 Å². The van der Waals surface area contributed by atoms with Gasteiger partial charge in [0.15, 0.2) is 5.82 Å². The highest BCUT2D eigenvalue weighted by molar-refractivity contribution is 5.80. The van der Waals surface area contributed by atoms with Crippen molar-refractivity contribution in [3.8, 4) is 0 Å². The molecule has 10 heteroatoms. The molecule has 6 rings (SSSR count). The van der Waals surface area contributed by atoms with Crippen LogP contribution in [0.3, 0.4) is 0 Å². The minimum Gasteiger partial charge on any atom is -0.467 e. The minimum absolute atomic E-state index is 0.166. The maximum absolute atomic E-state index is 13.5. The molecular formula is C28H28FN7O2. The first kappa shape index (κ1) is 24.1. The highest BCUT2D eigenvalue weighted by Crippen LogP contribution is 2.29. The Labute approximate surface area is 218 Å². The smallest absolute Gasteiger partial charge is 0.253 e. The monoisotopic (exact) mass is 513 g/mol. The van der Waals surface area contributed by atoms with Crippen LogP contribution in [0.4, 0.5) is 10.1 Å². The molecule has 0 aliphatic carbocycles. The zero-order chi connectivity index (χ0) is 26.1. The fourth-order valence-electron chi connectivity index (χ4n) is 5.16. The highest BCUT2D eigenvalue weighted by Gasteiger charge is 2.33. The van der Waals surface area contributed by atoms with E-state index in [0.717, 1.165) is 28.8 Å². The van der Waals surface area contributed by atoms with Crippen LogP contribution in [0.25, 0.3) is 10.9 Å². The quantitative estimate of drug-likeness (QED) is 0.354. The van der Waals surface area contributed by atoms with Crippen molar-refractivity contribution in [2.75, 3.05) is 31.1 Å². The van der Waals surface area contributed by atoms with E-state index in [9.17, 15) is 9.18 Å². The van der Waals surface area contributed by atoms with Gasteiger partial charge in [0.1, 0.15) is 24.2 Å². The normalized spacial score (nSPS) is 15.3. The maximum atomic E-state index is 13.5. The number of piperazine rings is 1. The summed E-state index contributed by atoms with van der Waals surface area (Å²) in [7, 11) is 0. The number of furan rings is 1. The fraction of sp³-hybridized carbons (Fsp3) is 0.286. The third-order valence-corrected chi connectivity index (χ3v) is 7.20. The van der Waals surface area contributed by atoms with Gasteiger partial charge in [0.25, 0.3) is 5.56 Å². The number of nitrogens with zero attached hydrogens (tertiary/aromatic N) is 6. The Kier molecular flexibility index (Phi) is 6.47. The van der Waals surface area contributed by atoms with Gasteiger partial charge in [-0.1, -0.05) is 13.0 Å². The van der Waals surface area contributed by atoms with Crippen molar-refractivity contribution in [3.63, 3.8) is 0 Å². The second kappa shape index (κ2) is 10.2. The Morgan fingerprint density at radius 2 is 1.87 bits per heavy atom. The summed E-state index contributed by atoms with van der Waals surface area (Å²) in [5.41, 5.74) is 3.39. The standard InChI is InChI=1S/C28H28FN7O2/c1-2-19-5-10-25-20(16-19)17-24(28(37)30-25)26(27-31-32-33-36(27)18-23-4-3-15-38-23)35-13-11-34(12-14-35)22-8-6-21(29)7-9-22/h3-10,15-17,26H,2,11-14,18H2,1H3,(H,30,37)/t26-/m1/s1. The van der Waals surface area contributed by atoms with Crippen LogP contribution < -0.4 is 10.5 Å². The Bertz CT molecular complexity index is 1590. The molecule has 5 aromatic rings. The predicted molar refractivity (Wildman–Crippen MR) is 142 cm³/mol. The van der Waals surface area contributed by atoms with E-state index in [1.807, 2.05) is 30.3 Å². The number of anilines is 1. The average molecular weight is 514 g/mol. The van der Waals surface area contributed by atoms with Gasteiger partial charge in [-0.05, 0) is 82.4 Å². The number of halogens is 1. The highest BCUT2D eigenvalue weighted by atomic mass is 19.1. The number of benzene rings is 2. The number of aryl methyl sites for hydroxylation is 1. The summed E-state index contributed by atoms with van der Waals surface area (Å²) in [5.74, 6) is 1.05. The largest absolute Gasteiger partial charge is 0.467 e. The lowest BCUT2D eigenvalue weighted by atomic mass is 10.0. The fourth-order valence-corrected chi connectivity index (χ4v) is 5.16. The Hall–Kier alpha value is -4.31. The van der Waals surface area contributed by atoms with Crippen molar-refractivity contribution in [2.24, 2.45) is 0 Å². The summed E-state index contributed by atoms with van der Waals surface area (Å²) in [6.07, 6.45) is 2.52. The van der Waals surface area contributed by atoms with Crippen LogP contribution in [0.15, 0.2) is 76.1 Å². The van der Waals surface area contributed by atoms with Crippen molar-refractivity contribution in [2.45, 2.75) is 25.9 Å². The number of aromatic nitrogens is 5. The van der Waals surface area contributed by atoms with Gasteiger partial charge in [-0.3, -0.25) is 9.69 Å². The predicted octanol–water partition coefficient (Wildman–Crippen LogP) is 3.77. The van der Waals surface area contributed by atoms with E-state index in [0.29, 0.717) is 44.1 Å². The molecule has 38 heavy (non-hydrogen) atoms. The van der Waals surface area contributed by atoms with Gasteiger partial charge in [-0.25, -0.2) is 9.07 Å². The zero-order valence-corrected chi connectivity index (χ0v) is 21.0. The van der Waals surface area contributed by atoms with E-state index in [2.05, 4.69) is 43.3 Å². The van der Waals surface area contributed by atoms with Crippen LogP contribution in [-0.2, 0) is 13.0 Å². The lowest BCUT2D eigenvalue weighted by Gasteiger charge is -2.39. The number of hydrogen-bond acceptors (Lipinski definition) is 7. The van der Waals surface area contributed by atoms with Crippen LogP contribution in [0.2, 0.25) is 0 Å². The number of aromatic amines is 1. The molecule has 1 aliphatic heterocycles. The van der Waals surface area contributed by atoms with E-state index < -0.39 is 6.04 Å². The first-order valence-electron chi connectivity index (χ1n) is 12.8. The summed E-state index contributed by atoms with van der Waals surface area (Å²) < 4.78 is 20.7. The molecule has 9 nitrogen and oxygen atoms in total. The first-order chi connectivity index (χ1) is 18.6. The number of nitrogens with one attached hydrogen (secondary N) is 1. The third-order valence-electron chi connectivity index (χ3n) is 7.20. The third kappa shape index (κ3) is 4.70. The second-order valence-electron chi connectivity index (χ2n) is 9.51. The SMILES string of the molecule is CCc1ccc2[nH]c(=O)c([C@H](c3nnnn3Cc3ccco3)N3CCN(c4ccc(F)cc4)CC3)cc2c1. The van der Waals surface area contributed by atoms with Crippen LogP contribution in [0.5, 0.6) is 0 Å². The topological polar surface area (TPSA) is 96.1 Å². The van der Waals surface area contributed by atoms with Gasteiger partial charge in [0.2, 0.25) is 0 Å². The number of fused-ring (bicyclic) bond motifs is 1. The molecule has 0 bridgehead atoms. The van der Waals surface area contributed by atoms with Crippen LogP contribution >= 0.6 is 0 Å². The number of pyridine rings is 1. The molecule has 1 N–H and O–H groups in total. The van der Waals surface area contributed by atoms with Crippen molar-refractivity contribution >= 4 is 16.6 Å². The Morgan fingerprint density at radius 1 is 1.05 bits per heavy atom. The first-order valence-corrected chi connectivity index (χ1v) is 12.8. The Balaban J connectivity index is 1.38. The molecule has 1 atom stereocenters. The van der Waals surface area contributed by atoms with E-state index in [4.69, 9.17) is 4.42 Å². The number of H-pyrrole nitrogens is 1. The van der Waals surface area contributed by atoms with Gasteiger partial charge >= 0.3 is 0 Å². The van der Waals surface area contributed by atoms with Crippen LogP contribution in [0, 0.1) is 5.82 Å². The lowest BCUT2D eigenvalue weighted by Crippen LogP contribution is -2.49. The molecule has 0 radical (unpaired) electrons. The summed E-state index contributed by atoms with van der Waals surface area (Å²) in [6, 6.07) is 17.9. The molecule has 1 aliphatic rings. The van der Waals surface area contributed by atoms with E-state index in [1.54, 1.807) is 23.1 Å². The van der Waals surface area contributed by atoms with Crippen molar-refractivity contribution in [1.82, 2.24) is 30.1 Å². The molecule has 4 heterocycles. The van der Waals surface area contributed by atoms with Crippen molar-refractivity contribution in [1.29, 1.82) is 0 Å². The average Bonchev–Trinajstić information content (AvgIpc) is 3.63. The summed E-state index contributed by atoms with van der Waals surface area (Å²) in [4.78, 5) is 21.0. The van der Waals surface area contributed by atoms with Gasteiger partial charge in [0.05, 0.1) is 6.26 Å². The van der Waals surface area contributed by atoms with E-state index in [1.165, 1.54) is 17.7 Å². The molecular weight excluding hydrogens is 485 g/mol. The van der Waals surface area contributed by atoms with Crippen LogP contribution in [0.1, 0.15) is 35.7 Å². The summed E-state index contributed by atoms with van der Waals surface area (Å²) in [6.45, 7) is 5.23. The van der Waals surface area contributed by atoms with Gasteiger partial charge in [-0.2, -0.15) is 0 Å². The van der Waals surface area contributed by atoms with Gasteiger partial charge in [0, 0.05) is 42.9 Å². The Morgan fingerprint density at radius 3 is 2.61 bits per heavy atom. The van der Waals surface area contributed by atoms with E-state index in [-0.39, 0.29) is 11.4 Å². The minimum atomic E-state index is -0.464. The molecule has 3 aromatic heterocycles. The molecule has 1 saturated heterocycles. The molecule has 0 saturated carbocycles. The number of hydrogen-bond donors (Lipinski definition) is 1. The zero-order valence-electron chi connectivity index (χ0n) is 21.0. The van der Waals surface area contributed by atoms with Crippen molar-refractivity contribution < 1.29 is 8.81 Å².